The summed E-state index contributed by atoms with van der Waals surface area (Å²) in [6.45, 7) is 3.84. The second-order valence-electron chi connectivity index (χ2n) is 8.05. The van der Waals surface area contributed by atoms with E-state index in [0.717, 1.165) is 25.9 Å². The van der Waals surface area contributed by atoms with Gasteiger partial charge in [0.05, 0.1) is 10.8 Å². The van der Waals surface area contributed by atoms with E-state index in [0.29, 0.717) is 31.7 Å². The Bertz CT molecular complexity index is 957. The monoisotopic (exact) mass is 422 g/mol. The summed E-state index contributed by atoms with van der Waals surface area (Å²) in [4.78, 5) is 42.4. The van der Waals surface area contributed by atoms with Crippen molar-refractivity contribution in [3.63, 3.8) is 0 Å². The lowest BCUT2D eigenvalue weighted by atomic mass is 9.95. The number of likely N-dealkylation sites (tertiary alicyclic amines) is 1. The lowest BCUT2D eigenvalue weighted by molar-refractivity contribution is -0.384. The normalized spacial score (nSPS) is 19.2. The van der Waals surface area contributed by atoms with Crippen LogP contribution in [0.2, 0.25) is 0 Å². The first-order chi connectivity index (χ1) is 15.0. The van der Waals surface area contributed by atoms with Gasteiger partial charge >= 0.3 is 0 Å². The number of piperazine rings is 1. The molecule has 4 rings (SSSR count). The molecule has 0 radical (unpaired) electrons. The summed E-state index contributed by atoms with van der Waals surface area (Å²) in [5.74, 6) is -0.376. The highest BCUT2D eigenvalue weighted by molar-refractivity contribution is 5.95. The van der Waals surface area contributed by atoms with Crippen molar-refractivity contribution in [3.05, 3.63) is 70.3 Å². The molecule has 0 aliphatic carbocycles. The molecule has 8 nitrogen and oxygen atoms in total. The average molecular weight is 422 g/mol. The first-order valence-electron chi connectivity index (χ1n) is 10.7. The number of piperidine rings is 1. The molecule has 2 aliphatic rings. The van der Waals surface area contributed by atoms with Crippen LogP contribution in [0.4, 0.5) is 11.4 Å². The molecule has 0 spiro atoms. The summed E-state index contributed by atoms with van der Waals surface area (Å²) in [5, 5.41) is 11.0. The number of nitro benzene ring substituents is 1. The van der Waals surface area contributed by atoms with Crippen LogP contribution >= 0.6 is 0 Å². The first kappa shape index (κ1) is 20.8. The van der Waals surface area contributed by atoms with Gasteiger partial charge in [0, 0.05) is 62.7 Å². The van der Waals surface area contributed by atoms with Crippen LogP contribution in [-0.4, -0.2) is 65.8 Å². The molecular weight excluding hydrogens is 396 g/mol. The number of amides is 2. The van der Waals surface area contributed by atoms with E-state index in [1.54, 1.807) is 11.0 Å². The second kappa shape index (κ2) is 9.16. The van der Waals surface area contributed by atoms with E-state index in [4.69, 9.17) is 0 Å². The number of para-hydroxylation sites is 1. The van der Waals surface area contributed by atoms with Gasteiger partial charge in [-0.25, -0.2) is 0 Å². The summed E-state index contributed by atoms with van der Waals surface area (Å²) < 4.78 is 0. The summed E-state index contributed by atoms with van der Waals surface area (Å²) in [6.07, 6.45) is 1.51. The van der Waals surface area contributed by atoms with Crippen LogP contribution < -0.4 is 4.90 Å². The van der Waals surface area contributed by atoms with E-state index in [9.17, 15) is 19.7 Å². The Balaban J connectivity index is 1.36. The van der Waals surface area contributed by atoms with E-state index < -0.39 is 4.92 Å². The van der Waals surface area contributed by atoms with Crippen LogP contribution in [0.3, 0.4) is 0 Å². The molecule has 0 saturated carbocycles. The number of carbonyl (C=O) groups is 2. The standard InChI is InChI=1S/C23H26N4O4/c28-22(18-6-4-10-21(16-18)27(30)31)26-11-5-7-19(17-26)23(29)25-14-12-24(13-15-25)20-8-2-1-3-9-20/h1-4,6,8-10,16,19H,5,7,11-15,17H2/t19-/m0/s1. The van der Waals surface area contributed by atoms with Gasteiger partial charge in [-0.2, -0.15) is 0 Å². The predicted molar refractivity (Wildman–Crippen MR) is 117 cm³/mol. The van der Waals surface area contributed by atoms with Crippen molar-refractivity contribution in [2.45, 2.75) is 12.8 Å². The largest absolute Gasteiger partial charge is 0.368 e. The maximum Gasteiger partial charge on any atom is 0.270 e. The van der Waals surface area contributed by atoms with Gasteiger partial charge in [-0.1, -0.05) is 24.3 Å². The number of carbonyl (C=O) groups excluding carboxylic acids is 2. The molecule has 0 bridgehead atoms. The highest BCUT2D eigenvalue weighted by atomic mass is 16.6. The maximum absolute atomic E-state index is 13.1. The molecule has 2 aromatic rings. The van der Waals surface area contributed by atoms with Gasteiger partial charge in [0.2, 0.25) is 5.91 Å². The molecule has 8 heteroatoms. The van der Waals surface area contributed by atoms with Gasteiger partial charge in [-0.3, -0.25) is 19.7 Å². The molecular formula is C23H26N4O4. The molecule has 162 valence electrons. The highest BCUT2D eigenvalue weighted by Gasteiger charge is 2.33. The molecule has 2 aliphatic heterocycles. The number of nitro groups is 1. The molecule has 0 N–H and O–H groups in total. The number of rotatable bonds is 4. The van der Waals surface area contributed by atoms with Crippen LogP contribution in [0, 0.1) is 16.0 Å². The maximum atomic E-state index is 13.1. The molecule has 0 aromatic heterocycles. The van der Waals surface area contributed by atoms with Crippen LogP contribution in [0.25, 0.3) is 0 Å². The topological polar surface area (TPSA) is 87.0 Å². The van der Waals surface area contributed by atoms with Crippen LogP contribution in [-0.2, 0) is 4.79 Å². The van der Waals surface area contributed by atoms with Crippen LogP contribution in [0.1, 0.15) is 23.2 Å². The van der Waals surface area contributed by atoms with Crippen molar-refractivity contribution in [1.29, 1.82) is 0 Å². The van der Waals surface area contributed by atoms with Gasteiger partial charge in [0.25, 0.3) is 11.6 Å². The predicted octanol–water partition coefficient (Wildman–Crippen LogP) is 2.80. The third-order valence-electron chi connectivity index (χ3n) is 6.07. The van der Waals surface area contributed by atoms with Gasteiger partial charge in [0.15, 0.2) is 0 Å². The summed E-state index contributed by atoms with van der Waals surface area (Å²) in [6, 6.07) is 16.0. The third-order valence-corrected chi connectivity index (χ3v) is 6.07. The lowest BCUT2D eigenvalue weighted by Crippen LogP contribution is -2.53. The molecule has 1 atom stereocenters. The molecule has 31 heavy (non-hydrogen) atoms. The Kier molecular flexibility index (Phi) is 6.16. The van der Waals surface area contributed by atoms with Gasteiger partial charge in [-0.05, 0) is 31.0 Å². The number of hydrogen-bond acceptors (Lipinski definition) is 5. The van der Waals surface area contributed by atoms with Gasteiger partial charge in [0.1, 0.15) is 0 Å². The third kappa shape index (κ3) is 4.68. The zero-order chi connectivity index (χ0) is 21.8. The zero-order valence-corrected chi connectivity index (χ0v) is 17.4. The van der Waals surface area contributed by atoms with Crippen molar-refractivity contribution in [3.8, 4) is 0 Å². The number of nitrogens with zero attached hydrogens (tertiary/aromatic N) is 4. The Morgan fingerprint density at radius 3 is 2.35 bits per heavy atom. The highest BCUT2D eigenvalue weighted by Crippen LogP contribution is 2.23. The molecule has 2 heterocycles. The van der Waals surface area contributed by atoms with E-state index >= 15 is 0 Å². The van der Waals surface area contributed by atoms with Crippen molar-refractivity contribution in [1.82, 2.24) is 9.80 Å². The summed E-state index contributed by atoms with van der Waals surface area (Å²) in [5.41, 5.74) is 1.35. The fraction of sp³-hybridized carbons (Fsp3) is 0.391. The van der Waals surface area contributed by atoms with Crippen molar-refractivity contribution in [2.75, 3.05) is 44.2 Å². The zero-order valence-electron chi connectivity index (χ0n) is 17.4. The minimum atomic E-state index is -0.506. The minimum absolute atomic E-state index is 0.101. The minimum Gasteiger partial charge on any atom is -0.368 e. The molecule has 2 amide bonds. The number of hydrogen-bond donors (Lipinski definition) is 0. The smallest absolute Gasteiger partial charge is 0.270 e. The van der Waals surface area contributed by atoms with Crippen molar-refractivity contribution in [2.24, 2.45) is 5.92 Å². The van der Waals surface area contributed by atoms with Crippen molar-refractivity contribution < 1.29 is 14.5 Å². The van der Waals surface area contributed by atoms with Crippen molar-refractivity contribution >= 4 is 23.2 Å². The SMILES string of the molecule is O=C(c1cccc([N+](=O)[O-])c1)N1CCC[C@H](C(=O)N2CCN(c3ccccc3)CC2)C1. The molecule has 2 aromatic carbocycles. The Labute approximate surface area is 181 Å². The first-order valence-corrected chi connectivity index (χ1v) is 10.7. The number of anilines is 1. The summed E-state index contributed by atoms with van der Waals surface area (Å²) >= 11 is 0. The number of non-ortho nitro benzene ring substituents is 1. The summed E-state index contributed by atoms with van der Waals surface area (Å²) in [7, 11) is 0. The average Bonchev–Trinajstić information content (AvgIpc) is 2.84. The van der Waals surface area contributed by atoms with E-state index in [1.165, 1.54) is 23.9 Å². The Morgan fingerprint density at radius 2 is 1.65 bits per heavy atom. The van der Waals surface area contributed by atoms with Crippen LogP contribution in [0.5, 0.6) is 0 Å². The van der Waals surface area contributed by atoms with Crippen LogP contribution in [0.15, 0.2) is 54.6 Å². The Hall–Kier alpha value is -3.42. The molecule has 0 unspecified atom stereocenters. The lowest BCUT2D eigenvalue weighted by Gasteiger charge is -2.39. The molecule has 2 saturated heterocycles. The Morgan fingerprint density at radius 1 is 0.903 bits per heavy atom. The fourth-order valence-electron chi connectivity index (χ4n) is 4.38. The second-order valence-corrected chi connectivity index (χ2v) is 8.05. The number of benzene rings is 2. The van der Waals surface area contributed by atoms with Gasteiger partial charge in [-0.15, -0.1) is 0 Å². The van der Waals surface area contributed by atoms with Gasteiger partial charge < -0.3 is 14.7 Å². The molecule has 2 fully saturated rings. The van der Waals surface area contributed by atoms with E-state index in [2.05, 4.69) is 17.0 Å². The fourth-order valence-corrected chi connectivity index (χ4v) is 4.38. The van der Waals surface area contributed by atoms with E-state index in [-0.39, 0.29) is 23.4 Å². The van der Waals surface area contributed by atoms with E-state index in [1.807, 2.05) is 23.1 Å². The quantitative estimate of drug-likeness (QED) is 0.559.